The molecule has 1 aliphatic rings. The number of aromatic nitrogens is 3. The molecule has 4 heterocycles. The quantitative estimate of drug-likeness (QED) is 0.654. The molecule has 0 aliphatic carbocycles. The Morgan fingerprint density at radius 2 is 2.21 bits per heavy atom. The van der Waals surface area contributed by atoms with Gasteiger partial charge >= 0.3 is 0 Å². The maximum absolute atomic E-state index is 12.1. The summed E-state index contributed by atoms with van der Waals surface area (Å²) in [5, 5.41) is 4.19. The molecule has 154 valence electrons. The molecule has 2 N–H and O–H groups in total. The summed E-state index contributed by atoms with van der Waals surface area (Å²) < 4.78 is 29.1. The van der Waals surface area contributed by atoms with Gasteiger partial charge in [0.05, 0.1) is 17.4 Å². The molecule has 4 rings (SSSR count). The third kappa shape index (κ3) is 3.84. The third-order valence-electron chi connectivity index (χ3n) is 5.09. The van der Waals surface area contributed by atoms with E-state index in [0.717, 1.165) is 36.7 Å². The van der Waals surface area contributed by atoms with Crippen molar-refractivity contribution in [3.05, 3.63) is 24.7 Å². The number of oxazole rings is 1. The molecule has 0 bridgehead atoms. The van der Waals surface area contributed by atoms with Crippen LogP contribution in [0.4, 0.5) is 5.69 Å². The highest BCUT2D eigenvalue weighted by Crippen LogP contribution is 2.35. The zero-order valence-corrected chi connectivity index (χ0v) is 17.1. The summed E-state index contributed by atoms with van der Waals surface area (Å²) in [6.45, 7) is 3.25. The normalized spacial score (nSPS) is 17.6. The molecule has 0 radical (unpaired) electrons. The predicted molar refractivity (Wildman–Crippen MR) is 108 cm³/mol. The van der Waals surface area contributed by atoms with E-state index in [2.05, 4.69) is 20.3 Å². The van der Waals surface area contributed by atoms with E-state index in [1.807, 2.05) is 17.9 Å². The van der Waals surface area contributed by atoms with Gasteiger partial charge in [0.25, 0.3) is 0 Å². The van der Waals surface area contributed by atoms with Crippen molar-refractivity contribution < 1.29 is 17.6 Å². The average molecular weight is 417 g/mol. The molecule has 0 aromatic carbocycles. The van der Waals surface area contributed by atoms with Crippen molar-refractivity contribution >= 4 is 32.5 Å². The summed E-state index contributed by atoms with van der Waals surface area (Å²) in [4.78, 5) is 25.6. The Morgan fingerprint density at radius 1 is 1.38 bits per heavy atom. The van der Waals surface area contributed by atoms with Crippen LogP contribution in [0.25, 0.3) is 22.5 Å². The molecule has 3 aromatic heterocycles. The summed E-state index contributed by atoms with van der Waals surface area (Å²) in [6, 6.07) is 1.95. The van der Waals surface area contributed by atoms with Crippen molar-refractivity contribution in [2.45, 2.75) is 37.3 Å². The molecule has 29 heavy (non-hydrogen) atoms. The first kappa shape index (κ1) is 19.4. The molecule has 3 aromatic rings. The number of fused-ring (bicyclic) bond motifs is 1. The van der Waals surface area contributed by atoms with Gasteiger partial charge < -0.3 is 19.6 Å². The minimum atomic E-state index is -3.50. The van der Waals surface area contributed by atoms with Crippen LogP contribution in [0.1, 0.15) is 26.2 Å². The maximum atomic E-state index is 12.1. The van der Waals surface area contributed by atoms with Crippen LogP contribution in [0.2, 0.25) is 0 Å². The zero-order valence-electron chi connectivity index (χ0n) is 16.3. The lowest BCUT2D eigenvalue weighted by atomic mass is 10.0. The fourth-order valence-electron chi connectivity index (χ4n) is 3.63. The average Bonchev–Trinajstić information content (AvgIpc) is 3.37. The number of sulfone groups is 1. The first-order valence-corrected chi connectivity index (χ1v) is 11.4. The van der Waals surface area contributed by atoms with E-state index in [1.54, 1.807) is 12.4 Å². The van der Waals surface area contributed by atoms with Crippen molar-refractivity contribution in [2.75, 3.05) is 24.7 Å². The molecule has 0 spiro atoms. The second-order valence-electron chi connectivity index (χ2n) is 7.22. The molecular formula is C19H23N5O4S. The van der Waals surface area contributed by atoms with Gasteiger partial charge in [0.1, 0.15) is 5.65 Å². The lowest BCUT2D eigenvalue weighted by Gasteiger charge is -2.34. The summed E-state index contributed by atoms with van der Waals surface area (Å²) in [5.41, 5.74) is 2.03. The highest BCUT2D eigenvalue weighted by molar-refractivity contribution is 7.90. The van der Waals surface area contributed by atoms with E-state index >= 15 is 0 Å². The Morgan fingerprint density at radius 3 is 2.93 bits per heavy atom. The summed E-state index contributed by atoms with van der Waals surface area (Å²) in [7, 11) is -3.50. The third-order valence-corrected chi connectivity index (χ3v) is 6.01. The SMILES string of the molecule is CCC(=O)N1CCC[C@@H](Nc2c(-c3ncc(S(C)(=O)=O)o3)cnc3[nH]ccc23)C1. The smallest absolute Gasteiger partial charge is 0.238 e. The Kier molecular flexibility index (Phi) is 5.03. The molecule has 0 unspecified atom stereocenters. The van der Waals surface area contributed by atoms with Crippen LogP contribution in [0, 0.1) is 0 Å². The van der Waals surface area contributed by atoms with Crippen LogP contribution < -0.4 is 5.32 Å². The zero-order chi connectivity index (χ0) is 20.6. The Hall–Kier alpha value is -2.88. The number of piperidine rings is 1. The van der Waals surface area contributed by atoms with Gasteiger partial charge in [-0.15, -0.1) is 0 Å². The van der Waals surface area contributed by atoms with Crippen LogP contribution in [0.5, 0.6) is 0 Å². The second kappa shape index (κ2) is 7.51. The summed E-state index contributed by atoms with van der Waals surface area (Å²) in [5.74, 6) is 0.324. The molecule has 1 aliphatic heterocycles. The number of hydrogen-bond donors (Lipinski definition) is 2. The maximum Gasteiger partial charge on any atom is 0.238 e. The van der Waals surface area contributed by atoms with Crippen LogP contribution in [-0.4, -0.2) is 59.6 Å². The van der Waals surface area contributed by atoms with Crippen molar-refractivity contribution in [1.29, 1.82) is 0 Å². The number of carbonyl (C=O) groups is 1. The number of amides is 1. The number of anilines is 1. The number of nitrogens with one attached hydrogen (secondary N) is 2. The molecule has 9 nitrogen and oxygen atoms in total. The van der Waals surface area contributed by atoms with Gasteiger partial charge in [0.2, 0.25) is 26.7 Å². The van der Waals surface area contributed by atoms with E-state index in [-0.39, 0.29) is 22.9 Å². The fraction of sp³-hybridized carbons (Fsp3) is 0.421. The van der Waals surface area contributed by atoms with E-state index in [0.29, 0.717) is 24.2 Å². The van der Waals surface area contributed by atoms with Crippen molar-refractivity contribution in [3.8, 4) is 11.5 Å². The molecule has 10 heteroatoms. The molecule has 0 saturated carbocycles. The number of rotatable bonds is 5. The number of nitrogens with zero attached hydrogens (tertiary/aromatic N) is 3. The summed E-state index contributed by atoms with van der Waals surface area (Å²) in [6.07, 6.45) is 8.00. The number of aromatic amines is 1. The first-order chi connectivity index (χ1) is 13.9. The Bertz CT molecular complexity index is 1150. The van der Waals surface area contributed by atoms with Gasteiger partial charge in [-0.1, -0.05) is 6.92 Å². The van der Waals surface area contributed by atoms with Crippen LogP contribution in [0.3, 0.4) is 0 Å². The first-order valence-electron chi connectivity index (χ1n) is 9.53. The van der Waals surface area contributed by atoms with Gasteiger partial charge in [-0.05, 0) is 18.9 Å². The van der Waals surface area contributed by atoms with E-state index in [4.69, 9.17) is 4.42 Å². The summed E-state index contributed by atoms with van der Waals surface area (Å²) >= 11 is 0. The topological polar surface area (TPSA) is 121 Å². The molecule has 1 atom stereocenters. The van der Waals surface area contributed by atoms with Crippen LogP contribution in [0.15, 0.2) is 34.2 Å². The predicted octanol–water partition coefficient (Wildman–Crippen LogP) is 2.43. The van der Waals surface area contributed by atoms with E-state index in [1.165, 1.54) is 6.20 Å². The van der Waals surface area contributed by atoms with Gasteiger partial charge in [-0.25, -0.2) is 18.4 Å². The standard InChI is InChI=1S/C19H23N5O4S/c1-3-15(25)24-8-4-5-12(11-24)23-17-13-6-7-20-18(13)21-9-14(17)19-22-10-16(28-19)29(2,26)27/h6-7,9-10,12H,3-5,8,11H2,1-2H3,(H2,20,21,23)/t12-/m1/s1. The highest BCUT2D eigenvalue weighted by Gasteiger charge is 2.25. The fourth-order valence-corrected chi connectivity index (χ4v) is 4.10. The molecular weight excluding hydrogens is 394 g/mol. The Balaban J connectivity index is 1.71. The molecule has 1 saturated heterocycles. The van der Waals surface area contributed by atoms with Crippen molar-refractivity contribution in [1.82, 2.24) is 19.9 Å². The van der Waals surface area contributed by atoms with Gasteiger partial charge in [-0.3, -0.25) is 4.79 Å². The lowest BCUT2D eigenvalue weighted by Crippen LogP contribution is -2.45. The number of H-pyrrole nitrogens is 1. The lowest BCUT2D eigenvalue weighted by molar-refractivity contribution is -0.131. The Labute approximate surface area is 168 Å². The van der Waals surface area contributed by atoms with Crippen LogP contribution in [-0.2, 0) is 14.6 Å². The minimum absolute atomic E-state index is 0.0582. The minimum Gasteiger partial charge on any atom is -0.425 e. The molecule has 1 amide bonds. The monoisotopic (exact) mass is 417 g/mol. The number of carbonyl (C=O) groups excluding carboxylic acids is 1. The van der Waals surface area contributed by atoms with Crippen molar-refractivity contribution in [2.24, 2.45) is 0 Å². The van der Waals surface area contributed by atoms with Crippen LogP contribution >= 0.6 is 0 Å². The van der Waals surface area contributed by atoms with E-state index in [9.17, 15) is 13.2 Å². The highest BCUT2D eigenvalue weighted by atomic mass is 32.2. The number of pyridine rings is 1. The van der Waals surface area contributed by atoms with Crippen molar-refractivity contribution in [3.63, 3.8) is 0 Å². The number of hydrogen-bond acceptors (Lipinski definition) is 7. The van der Waals surface area contributed by atoms with Gasteiger partial charge in [0, 0.05) is 49.6 Å². The van der Waals surface area contributed by atoms with Gasteiger partial charge in [-0.2, -0.15) is 0 Å². The van der Waals surface area contributed by atoms with Gasteiger partial charge in [0.15, 0.2) is 0 Å². The number of likely N-dealkylation sites (tertiary alicyclic amines) is 1. The van der Waals surface area contributed by atoms with E-state index < -0.39 is 9.84 Å². The second-order valence-corrected chi connectivity index (χ2v) is 9.17. The largest absolute Gasteiger partial charge is 0.425 e. The molecule has 1 fully saturated rings.